The molecule has 6 nitrogen and oxygen atoms in total. The number of benzene rings is 1. The first-order valence-corrected chi connectivity index (χ1v) is 6.29. The van der Waals surface area contributed by atoms with Gasteiger partial charge in [-0.15, -0.1) is 0 Å². The van der Waals surface area contributed by atoms with Crippen LogP contribution >= 0.6 is 0 Å². The van der Waals surface area contributed by atoms with Gasteiger partial charge in [0, 0.05) is 5.69 Å². The van der Waals surface area contributed by atoms with Crippen LogP contribution < -0.4 is 5.32 Å². The zero-order valence-electron chi connectivity index (χ0n) is 11.6. The van der Waals surface area contributed by atoms with E-state index < -0.39 is 11.9 Å². The molecule has 0 amide bonds. The molecule has 0 aliphatic carbocycles. The summed E-state index contributed by atoms with van der Waals surface area (Å²) in [5.74, 6) is -1.12. The zero-order chi connectivity index (χ0) is 15.6. The molecule has 0 aliphatic heterocycles. The highest BCUT2D eigenvalue weighted by molar-refractivity contribution is 6.05. The number of nitrogens with one attached hydrogen (secondary N) is 1. The van der Waals surface area contributed by atoms with Crippen molar-refractivity contribution >= 4 is 17.6 Å². The van der Waals surface area contributed by atoms with Gasteiger partial charge in [-0.1, -0.05) is 6.07 Å². The number of aromatic carboxylic acids is 2. The molecule has 0 spiro atoms. The molecule has 2 aromatic rings. The average molecular weight is 289 g/mol. The van der Waals surface area contributed by atoms with E-state index in [4.69, 9.17) is 9.52 Å². The summed E-state index contributed by atoms with van der Waals surface area (Å²) in [6, 6.07) is 6.14. The average Bonchev–Trinajstić information content (AvgIpc) is 2.74. The van der Waals surface area contributed by atoms with E-state index in [1.54, 1.807) is 0 Å². The number of aryl methyl sites for hydroxylation is 2. The second kappa shape index (κ2) is 5.70. The molecule has 6 heteroatoms. The van der Waals surface area contributed by atoms with Crippen LogP contribution in [0.1, 0.15) is 37.8 Å². The fraction of sp³-hybridized carbons (Fsp3) is 0.200. The van der Waals surface area contributed by atoms with Gasteiger partial charge in [-0.25, -0.2) is 9.59 Å². The van der Waals surface area contributed by atoms with Crippen LogP contribution in [0.2, 0.25) is 0 Å². The summed E-state index contributed by atoms with van der Waals surface area (Å²) in [5.41, 5.74) is 0.739. The highest BCUT2D eigenvalue weighted by Gasteiger charge is 2.20. The molecule has 3 N–H and O–H groups in total. The van der Waals surface area contributed by atoms with Crippen LogP contribution in [0.5, 0.6) is 0 Å². The molecule has 0 saturated carbocycles. The Kier molecular flexibility index (Phi) is 3.98. The number of anilines is 1. The summed E-state index contributed by atoms with van der Waals surface area (Å²) >= 11 is 0. The van der Waals surface area contributed by atoms with Crippen molar-refractivity contribution in [3.8, 4) is 0 Å². The molecule has 0 aliphatic rings. The van der Waals surface area contributed by atoms with Crippen molar-refractivity contribution in [3.63, 3.8) is 0 Å². The van der Waals surface area contributed by atoms with Crippen LogP contribution in [0, 0.1) is 13.8 Å². The SMILES string of the molecule is Cc1cc(CNc2cccc(C(=O)O)c2C(=O)O)oc1C. The van der Waals surface area contributed by atoms with Gasteiger partial charge in [-0.2, -0.15) is 0 Å². The van der Waals surface area contributed by atoms with E-state index in [1.165, 1.54) is 18.2 Å². The van der Waals surface area contributed by atoms with Crippen molar-refractivity contribution in [2.45, 2.75) is 20.4 Å². The maximum atomic E-state index is 11.3. The lowest BCUT2D eigenvalue weighted by Crippen LogP contribution is -2.12. The number of hydrogen-bond acceptors (Lipinski definition) is 4. The standard InChI is InChI=1S/C15H15NO5/c1-8-6-10(21-9(8)2)7-16-12-5-3-4-11(14(17)18)13(12)15(19)20/h3-6,16H,7H2,1-2H3,(H,17,18)(H,19,20). The van der Waals surface area contributed by atoms with Gasteiger partial charge in [0.25, 0.3) is 0 Å². The van der Waals surface area contributed by atoms with Gasteiger partial charge in [-0.3, -0.25) is 0 Å². The van der Waals surface area contributed by atoms with Gasteiger partial charge < -0.3 is 19.9 Å². The Morgan fingerprint density at radius 3 is 2.43 bits per heavy atom. The highest BCUT2D eigenvalue weighted by atomic mass is 16.4. The molecule has 110 valence electrons. The molecule has 0 bridgehead atoms. The van der Waals surface area contributed by atoms with Crippen molar-refractivity contribution in [2.24, 2.45) is 0 Å². The summed E-state index contributed by atoms with van der Waals surface area (Å²) in [6.45, 7) is 4.03. The van der Waals surface area contributed by atoms with E-state index in [0.717, 1.165) is 11.3 Å². The molecule has 0 saturated heterocycles. The van der Waals surface area contributed by atoms with Gasteiger partial charge in [0.2, 0.25) is 0 Å². The second-order valence-electron chi connectivity index (χ2n) is 4.64. The van der Waals surface area contributed by atoms with Crippen LogP contribution in [0.25, 0.3) is 0 Å². The smallest absolute Gasteiger partial charge is 0.338 e. The lowest BCUT2D eigenvalue weighted by molar-refractivity contribution is 0.0652. The molecule has 2 rings (SSSR count). The molecular weight excluding hydrogens is 274 g/mol. The topological polar surface area (TPSA) is 99.8 Å². The van der Waals surface area contributed by atoms with Crippen molar-refractivity contribution < 1.29 is 24.2 Å². The first-order chi connectivity index (χ1) is 9.90. The van der Waals surface area contributed by atoms with Crippen molar-refractivity contribution in [1.82, 2.24) is 0 Å². The quantitative estimate of drug-likeness (QED) is 0.782. The molecule has 0 radical (unpaired) electrons. The van der Waals surface area contributed by atoms with Crippen LogP contribution in [0.15, 0.2) is 28.7 Å². The number of carbonyl (C=O) groups is 2. The molecule has 21 heavy (non-hydrogen) atoms. The number of hydrogen-bond donors (Lipinski definition) is 3. The first kappa shape index (κ1) is 14.6. The van der Waals surface area contributed by atoms with E-state index in [1.807, 2.05) is 19.9 Å². The van der Waals surface area contributed by atoms with Gasteiger partial charge in [0.15, 0.2) is 0 Å². The molecular formula is C15H15NO5. The monoisotopic (exact) mass is 289 g/mol. The number of furan rings is 1. The Hall–Kier alpha value is -2.76. The van der Waals surface area contributed by atoms with Crippen LogP contribution in [-0.4, -0.2) is 22.2 Å². The molecule has 1 aromatic heterocycles. The fourth-order valence-electron chi connectivity index (χ4n) is 2.03. The van der Waals surface area contributed by atoms with E-state index in [9.17, 15) is 14.7 Å². The number of carboxylic acid groups (broad SMARTS) is 2. The third kappa shape index (κ3) is 3.05. The normalized spacial score (nSPS) is 10.4. The van der Waals surface area contributed by atoms with Crippen LogP contribution in [0.4, 0.5) is 5.69 Å². The van der Waals surface area contributed by atoms with E-state index >= 15 is 0 Å². The summed E-state index contributed by atoms with van der Waals surface area (Å²) < 4.78 is 5.49. The largest absolute Gasteiger partial charge is 0.478 e. The minimum absolute atomic E-state index is 0.245. The Balaban J connectivity index is 2.29. The molecule has 1 heterocycles. The first-order valence-electron chi connectivity index (χ1n) is 6.29. The lowest BCUT2D eigenvalue weighted by atomic mass is 10.1. The van der Waals surface area contributed by atoms with E-state index in [-0.39, 0.29) is 23.4 Å². The molecule has 0 atom stereocenters. The van der Waals surface area contributed by atoms with Gasteiger partial charge >= 0.3 is 11.9 Å². The van der Waals surface area contributed by atoms with Gasteiger partial charge in [0.05, 0.1) is 17.7 Å². The van der Waals surface area contributed by atoms with Crippen molar-refractivity contribution in [3.05, 3.63) is 52.5 Å². The molecule has 1 aromatic carbocycles. The third-order valence-corrected chi connectivity index (χ3v) is 3.18. The molecule has 0 unspecified atom stereocenters. The fourth-order valence-corrected chi connectivity index (χ4v) is 2.03. The zero-order valence-corrected chi connectivity index (χ0v) is 11.6. The Morgan fingerprint density at radius 2 is 1.90 bits per heavy atom. The minimum atomic E-state index is -1.29. The van der Waals surface area contributed by atoms with Gasteiger partial charge in [0.1, 0.15) is 11.5 Å². The highest BCUT2D eigenvalue weighted by Crippen LogP contribution is 2.22. The Labute approximate surface area is 121 Å². The summed E-state index contributed by atoms with van der Waals surface area (Å²) in [5, 5.41) is 21.2. The minimum Gasteiger partial charge on any atom is -0.478 e. The second-order valence-corrected chi connectivity index (χ2v) is 4.64. The number of carboxylic acids is 2. The van der Waals surface area contributed by atoms with E-state index in [2.05, 4.69) is 5.32 Å². The summed E-state index contributed by atoms with van der Waals surface area (Å²) in [7, 11) is 0. The van der Waals surface area contributed by atoms with E-state index in [0.29, 0.717) is 5.76 Å². The van der Waals surface area contributed by atoms with Crippen molar-refractivity contribution in [2.75, 3.05) is 5.32 Å². The van der Waals surface area contributed by atoms with Gasteiger partial charge in [-0.05, 0) is 37.6 Å². The summed E-state index contributed by atoms with van der Waals surface area (Å²) in [4.78, 5) is 22.4. The Bertz CT molecular complexity index is 683. The Morgan fingerprint density at radius 1 is 1.19 bits per heavy atom. The maximum Gasteiger partial charge on any atom is 0.338 e. The van der Waals surface area contributed by atoms with Crippen LogP contribution in [-0.2, 0) is 6.54 Å². The predicted molar refractivity (Wildman–Crippen MR) is 75.9 cm³/mol. The summed E-state index contributed by atoms with van der Waals surface area (Å²) in [6.07, 6.45) is 0. The van der Waals surface area contributed by atoms with Crippen LogP contribution in [0.3, 0.4) is 0 Å². The van der Waals surface area contributed by atoms with Crippen molar-refractivity contribution in [1.29, 1.82) is 0 Å². The predicted octanol–water partition coefficient (Wildman–Crippen LogP) is 2.90. The maximum absolute atomic E-state index is 11.3. The number of rotatable bonds is 5. The third-order valence-electron chi connectivity index (χ3n) is 3.18. The lowest BCUT2D eigenvalue weighted by Gasteiger charge is -2.10. The molecule has 0 fully saturated rings.